The number of aliphatic carboxylic acids is 1. The average Bonchev–Trinajstić information content (AvgIpc) is 2.96. The number of nitrogens with zero attached hydrogens (tertiary/aromatic N) is 1. The van der Waals surface area contributed by atoms with Crippen molar-refractivity contribution in [2.45, 2.75) is 18.8 Å². The lowest BCUT2D eigenvalue weighted by Crippen LogP contribution is -2.16. The van der Waals surface area contributed by atoms with Crippen LogP contribution in [0.2, 0.25) is 0 Å². The number of nitro groups is 1. The molecule has 1 N–H and O–H groups in total. The summed E-state index contributed by atoms with van der Waals surface area (Å²) in [6.07, 6.45) is 0.0112. The molecule has 8 nitrogen and oxygen atoms in total. The van der Waals surface area contributed by atoms with Crippen LogP contribution in [0.15, 0.2) is 36.4 Å². The molecule has 1 aliphatic carbocycles. The minimum absolute atomic E-state index is 0.0531. The van der Waals surface area contributed by atoms with E-state index in [2.05, 4.69) is 0 Å². The van der Waals surface area contributed by atoms with Crippen molar-refractivity contribution in [3.63, 3.8) is 0 Å². The van der Waals surface area contributed by atoms with E-state index in [9.17, 15) is 19.7 Å². The van der Waals surface area contributed by atoms with E-state index in [1.165, 1.54) is 26.4 Å². The van der Waals surface area contributed by atoms with Crippen LogP contribution in [-0.4, -0.2) is 36.0 Å². The van der Waals surface area contributed by atoms with Gasteiger partial charge in [0.1, 0.15) is 0 Å². The van der Waals surface area contributed by atoms with Gasteiger partial charge < -0.3 is 14.6 Å². The number of methoxy groups -OCH3 is 2. The van der Waals surface area contributed by atoms with Crippen LogP contribution in [-0.2, 0) is 4.79 Å². The number of Topliss-reactive ketones (excluding diaryl/α,β-unsaturated/α-hetero) is 1. The summed E-state index contributed by atoms with van der Waals surface area (Å²) >= 11 is 0. The number of ether oxygens (including phenoxy) is 2. The van der Waals surface area contributed by atoms with Crippen LogP contribution < -0.4 is 9.47 Å². The highest BCUT2D eigenvalue weighted by Gasteiger charge is 2.41. The normalized spacial score (nSPS) is 17.9. The zero-order valence-corrected chi connectivity index (χ0v) is 15.4. The van der Waals surface area contributed by atoms with Crippen molar-refractivity contribution in [1.82, 2.24) is 0 Å². The first kappa shape index (κ1) is 19.3. The van der Waals surface area contributed by atoms with Gasteiger partial charge in [-0.15, -0.1) is 0 Å². The molecule has 8 heteroatoms. The summed E-state index contributed by atoms with van der Waals surface area (Å²) in [5.41, 5.74) is 1.81. The second-order valence-electron chi connectivity index (χ2n) is 6.52. The second-order valence-corrected chi connectivity index (χ2v) is 6.52. The van der Waals surface area contributed by atoms with Crippen LogP contribution in [0, 0.1) is 16.0 Å². The number of carbonyl (C=O) groups is 2. The summed E-state index contributed by atoms with van der Waals surface area (Å²) in [6.45, 7) is 0. The average molecular weight is 385 g/mol. The molecule has 3 rings (SSSR count). The molecule has 2 unspecified atom stereocenters. The minimum atomic E-state index is -0.985. The molecule has 0 fully saturated rings. The smallest absolute Gasteiger partial charge is 0.303 e. The van der Waals surface area contributed by atoms with Crippen LogP contribution in [0.25, 0.3) is 0 Å². The highest BCUT2D eigenvalue weighted by Crippen LogP contribution is 2.48. The van der Waals surface area contributed by atoms with Crippen LogP contribution in [0.1, 0.15) is 40.2 Å². The number of nitro benzene ring substituents is 1. The summed E-state index contributed by atoms with van der Waals surface area (Å²) < 4.78 is 10.6. The molecule has 1 aliphatic rings. The lowest BCUT2D eigenvalue weighted by Gasteiger charge is -2.20. The third kappa shape index (κ3) is 3.40. The number of hydrogen-bond donors (Lipinski definition) is 1. The van der Waals surface area contributed by atoms with Gasteiger partial charge in [-0.2, -0.15) is 0 Å². The molecule has 0 amide bonds. The van der Waals surface area contributed by atoms with Crippen molar-refractivity contribution in [3.05, 3.63) is 63.2 Å². The van der Waals surface area contributed by atoms with Crippen LogP contribution >= 0.6 is 0 Å². The monoisotopic (exact) mass is 385 g/mol. The maximum absolute atomic E-state index is 13.0. The number of carbonyl (C=O) groups excluding carboxylic acids is 1. The Hall–Kier alpha value is -3.42. The predicted octanol–water partition coefficient (Wildman–Crippen LogP) is 3.42. The van der Waals surface area contributed by atoms with Gasteiger partial charge in [0.05, 0.1) is 19.1 Å². The molecular weight excluding hydrogens is 366 g/mol. The van der Waals surface area contributed by atoms with Crippen LogP contribution in [0.5, 0.6) is 11.5 Å². The van der Waals surface area contributed by atoms with Gasteiger partial charge in [0, 0.05) is 36.0 Å². The van der Waals surface area contributed by atoms with E-state index >= 15 is 0 Å². The number of rotatable bonds is 7. The Labute approximate surface area is 160 Å². The standard InChI is InChI=1S/C20H19NO7/c1-27-16-9-14-15(10-17(16)28-2)20(24)13(7-8-18(22)23)19(14)11-3-5-12(6-4-11)21(25)26/h3-6,9-10,13,19H,7-8H2,1-2H3,(H,22,23). The molecule has 2 aromatic carbocycles. The largest absolute Gasteiger partial charge is 0.493 e. The lowest BCUT2D eigenvalue weighted by molar-refractivity contribution is -0.384. The maximum atomic E-state index is 13.0. The predicted molar refractivity (Wildman–Crippen MR) is 99.2 cm³/mol. The zero-order chi connectivity index (χ0) is 20.4. The Balaban J connectivity index is 2.11. The number of non-ortho nitro benzene ring substituents is 1. The van der Waals surface area contributed by atoms with E-state index in [0.717, 1.165) is 0 Å². The Morgan fingerprint density at radius 1 is 1.14 bits per heavy atom. The van der Waals surface area contributed by atoms with Crippen LogP contribution in [0.3, 0.4) is 0 Å². The molecule has 146 valence electrons. The molecule has 0 radical (unpaired) electrons. The summed E-state index contributed by atoms with van der Waals surface area (Å²) in [4.78, 5) is 34.6. The van der Waals surface area contributed by atoms with E-state index in [-0.39, 0.29) is 24.3 Å². The molecule has 2 aromatic rings. The summed E-state index contributed by atoms with van der Waals surface area (Å²) in [5, 5.41) is 20.0. The SMILES string of the molecule is COc1cc2c(cc1OC)C(c1ccc([N+](=O)[O-])cc1)C(CCC(=O)O)C2=O. The number of benzene rings is 2. The molecule has 2 atom stereocenters. The highest BCUT2D eigenvalue weighted by atomic mass is 16.6. The summed E-state index contributed by atoms with van der Waals surface area (Å²) in [6, 6.07) is 9.31. The molecule has 0 heterocycles. The van der Waals surface area contributed by atoms with Crippen LogP contribution in [0.4, 0.5) is 5.69 Å². The number of carboxylic acids is 1. The topological polar surface area (TPSA) is 116 Å². The Morgan fingerprint density at radius 3 is 2.29 bits per heavy atom. The highest BCUT2D eigenvalue weighted by molar-refractivity contribution is 6.04. The molecule has 0 saturated heterocycles. The fraction of sp³-hybridized carbons (Fsp3) is 0.300. The van der Waals surface area contributed by atoms with Gasteiger partial charge >= 0.3 is 5.97 Å². The first-order valence-electron chi connectivity index (χ1n) is 8.63. The number of hydrogen-bond acceptors (Lipinski definition) is 6. The van der Waals surface area contributed by atoms with E-state index in [1.54, 1.807) is 24.3 Å². The fourth-order valence-electron chi connectivity index (χ4n) is 3.73. The Bertz CT molecular complexity index is 936. The second kappa shape index (κ2) is 7.67. The number of ketones is 1. The van der Waals surface area contributed by atoms with Crippen molar-refractivity contribution in [2.75, 3.05) is 14.2 Å². The lowest BCUT2D eigenvalue weighted by atomic mass is 9.83. The Kier molecular flexibility index (Phi) is 5.30. The van der Waals surface area contributed by atoms with Crippen molar-refractivity contribution in [1.29, 1.82) is 0 Å². The molecule has 0 aliphatic heterocycles. The van der Waals surface area contributed by atoms with Gasteiger partial charge in [0.25, 0.3) is 5.69 Å². The number of fused-ring (bicyclic) bond motifs is 1. The van der Waals surface area contributed by atoms with Gasteiger partial charge in [0.2, 0.25) is 0 Å². The quantitative estimate of drug-likeness (QED) is 0.573. The molecule has 0 bridgehead atoms. The molecule has 0 aromatic heterocycles. The van der Waals surface area contributed by atoms with E-state index in [0.29, 0.717) is 28.2 Å². The molecule has 28 heavy (non-hydrogen) atoms. The number of carboxylic acid groups (broad SMARTS) is 1. The maximum Gasteiger partial charge on any atom is 0.303 e. The van der Waals surface area contributed by atoms with Crippen molar-refractivity contribution < 1.29 is 29.1 Å². The molecule has 0 saturated carbocycles. The van der Waals surface area contributed by atoms with E-state index in [1.807, 2.05) is 0 Å². The fourth-order valence-corrected chi connectivity index (χ4v) is 3.73. The molecule has 0 spiro atoms. The third-order valence-electron chi connectivity index (χ3n) is 5.03. The van der Waals surface area contributed by atoms with Gasteiger partial charge in [-0.1, -0.05) is 12.1 Å². The van der Waals surface area contributed by atoms with E-state index < -0.39 is 22.7 Å². The Morgan fingerprint density at radius 2 is 1.75 bits per heavy atom. The molecular formula is C20H19NO7. The van der Waals surface area contributed by atoms with Gasteiger partial charge in [0.15, 0.2) is 17.3 Å². The first-order chi connectivity index (χ1) is 13.4. The summed E-state index contributed by atoms with van der Waals surface area (Å²) in [5.74, 6) is -1.27. The van der Waals surface area contributed by atoms with Gasteiger partial charge in [-0.05, 0) is 29.7 Å². The minimum Gasteiger partial charge on any atom is -0.493 e. The first-order valence-corrected chi connectivity index (χ1v) is 8.63. The third-order valence-corrected chi connectivity index (χ3v) is 5.03. The summed E-state index contributed by atoms with van der Waals surface area (Å²) in [7, 11) is 2.96. The van der Waals surface area contributed by atoms with Gasteiger partial charge in [-0.3, -0.25) is 19.7 Å². The zero-order valence-electron chi connectivity index (χ0n) is 15.4. The van der Waals surface area contributed by atoms with Crippen molar-refractivity contribution in [3.8, 4) is 11.5 Å². The van der Waals surface area contributed by atoms with Crippen molar-refractivity contribution >= 4 is 17.4 Å². The van der Waals surface area contributed by atoms with Crippen molar-refractivity contribution in [2.24, 2.45) is 5.92 Å². The van der Waals surface area contributed by atoms with E-state index in [4.69, 9.17) is 14.6 Å². The van der Waals surface area contributed by atoms with Gasteiger partial charge in [-0.25, -0.2) is 0 Å².